The first-order valence-corrected chi connectivity index (χ1v) is 8.23. The van der Waals surface area contributed by atoms with Gasteiger partial charge in [0, 0.05) is 12.0 Å². The molecule has 0 amide bonds. The van der Waals surface area contributed by atoms with E-state index in [1.165, 1.54) is 31.2 Å². The average Bonchev–Trinajstić information content (AvgIpc) is 2.95. The monoisotopic (exact) mass is 272 g/mol. The quantitative estimate of drug-likeness (QED) is 0.603. The van der Waals surface area contributed by atoms with Crippen molar-refractivity contribution in [3.05, 3.63) is 35.4 Å². The summed E-state index contributed by atoms with van der Waals surface area (Å²) in [4.78, 5) is 12.5. The number of carbonyl (C=O) groups excluding carboxylic acids is 1. The van der Waals surface area contributed by atoms with Gasteiger partial charge in [-0.3, -0.25) is 4.79 Å². The Morgan fingerprint density at radius 3 is 2.25 bits per heavy atom. The summed E-state index contributed by atoms with van der Waals surface area (Å²) in [6, 6.07) is 8.33. The highest BCUT2D eigenvalue weighted by Gasteiger charge is 2.34. The van der Waals surface area contributed by atoms with Crippen LogP contribution in [-0.4, -0.2) is 5.78 Å². The number of Topliss-reactive ketones (excluding diaryl/α,β-unsaturated/α-hetero) is 1. The first-order chi connectivity index (χ1) is 9.60. The molecule has 0 bridgehead atoms. The van der Waals surface area contributed by atoms with Gasteiger partial charge in [-0.25, -0.2) is 0 Å². The second kappa shape index (κ2) is 6.56. The van der Waals surface area contributed by atoms with Crippen molar-refractivity contribution in [1.82, 2.24) is 0 Å². The van der Waals surface area contributed by atoms with Crippen LogP contribution in [0.1, 0.15) is 87.6 Å². The standard InChI is InChI=1S/C19H28O/c1-4-15(3)16-8-10-17(11-9-16)18(20)14-19(5-2)12-6-7-13-19/h8-11,15H,4-7,12-14H2,1-3H3. The Kier molecular flexibility index (Phi) is 5.01. The van der Waals surface area contributed by atoms with E-state index in [0.717, 1.165) is 24.8 Å². The lowest BCUT2D eigenvalue weighted by Crippen LogP contribution is -2.20. The molecule has 1 fully saturated rings. The van der Waals surface area contributed by atoms with Gasteiger partial charge in [0.25, 0.3) is 0 Å². The van der Waals surface area contributed by atoms with E-state index >= 15 is 0 Å². The minimum absolute atomic E-state index is 0.298. The predicted octanol–water partition coefficient (Wildman–Crippen LogP) is 5.74. The summed E-state index contributed by atoms with van der Waals surface area (Å²) >= 11 is 0. The SMILES string of the molecule is CCC(C)c1ccc(C(=O)CC2(CC)CCCC2)cc1. The van der Waals surface area contributed by atoms with E-state index in [-0.39, 0.29) is 0 Å². The molecule has 1 nitrogen and oxygen atoms in total. The average molecular weight is 272 g/mol. The fourth-order valence-electron chi connectivity index (χ4n) is 3.46. The fourth-order valence-corrected chi connectivity index (χ4v) is 3.46. The van der Waals surface area contributed by atoms with Crippen molar-refractivity contribution in [2.75, 3.05) is 0 Å². The van der Waals surface area contributed by atoms with Crippen molar-refractivity contribution in [2.45, 2.75) is 71.6 Å². The van der Waals surface area contributed by atoms with Gasteiger partial charge in [-0.2, -0.15) is 0 Å². The van der Waals surface area contributed by atoms with Gasteiger partial charge in [0.1, 0.15) is 0 Å². The summed E-state index contributed by atoms with van der Waals surface area (Å²) < 4.78 is 0. The van der Waals surface area contributed by atoms with Crippen molar-refractivity contribution < 1.29 is 4.79 Å². The van der Waals surface area contributed by atoms with E-state index in [1.807, 2.05) is 12.1 Å². The van der Waals surface area contributed by atoms with E-state index in [1.54, 1.807) is 0 Å². The topological polar surface area (TPSA) is 17.1 Å². The Labute approximate surface area is 123 Å². The largest absolute Gasteiger partial charge is 0.294 e. The molecular weight excluding hydrogens is 244 g/mol. The highest BCUT2D eigenvalue weighted by molar-refractivity contribution is 5.96. The van der Waals surface area contributed by atoms with Gasteiger partial charge < -0.3 is 0 Å². The molecule has 0 N–H and O–H groups in total. The van der Waals surface area contributed by atoms with Crippen LogP contribution < -0.4 is 0 Å². The van der Waals surface area contributed by atoms with E-state index < -0.39 is 0 Å². The Morgan fingerprint density at radius 1 is 1.15 bits per heavy atom. The van der Waals surface area contributed by atoms with E-state index in [4.69, 9.17) is 0 Å². The molecule has 1 aromatic rings. The molecule has 1 unspecified atom stereocenters. The number of carbonyl (C=O) groups is 1. The highest BCUT2D eigenvalue weighted by Crippen LogP contribution is 2.44. The number of ketones is 1. The molecule has 110 valence electrons. The van der Waals surface area contributed by atoms with Crippen molar-refractivity contribution in [3.63, 3.8) is 0 Å². The summed E-state index contributed by atoms with van der Waals surface area (Å²) in [6.45, 7) is 6.68. The third-order valence-corrected chi connectivity index (χ3v) is 5.36. The Bertz CT molecular complexity index is 437. The van der Waals surface area contributed by atoms with Gasteiger partial charge in [0.05, 0.1) is 0 Å². The first kappa shape index (κ1) is 15.3. The second-order valence-electron chi connectivity index (χ2n) is 6.59. The van der Waals surface area contributed by atoms with E-state index in [2.05, 4.69) is 32.9 Å². The third kappa shape index (κ3) is 3.31. The number of rotatable bonds is 6. The lowest BCUT2D eigenvalue weighted by Gasteiger charge is -2.26. The fraction of sp³-hybridized carbons (Fsp3) is 0.632. The molecule has 2 rings (SSSR count). The number of benzene rings is 1. The van der Waals surface area contributed by atoms with Crippen LogP contribution in [0.2, 0.25) is 0 Å². The van der Waals surface area contributed by atoms with Crippen molar-refractivity contribution >= 4 is 5.78 Å². The van der Waals surface area contributed by atoms with Crippen LogP contribution in [0.4, 0.5) is 0 Å². The Morgan fingerprint density at radius 2 is 1.75 bits per heavy atom. The summed E-state index contributed by atoms with van der Waals surface area (Å²) in [7, 11) is 0. The molecule has 0 aliphatic heterocycles. The predicted molar refractivity (Wildman–Crippen MR) is 85.3 cm³/mol. The zero-order valence-electron chi connectivity index (χ0n) is 13.2. The molecule has 0 spiro atoms. The summed E-state index contributed by atoms with van der Waals surface area (Å²) in [6.07, 6.45) is 8.10. The van der Waals surface area contributed by atoms with E-state index in [0.29, 0.717) is 17.1 Å². The van der Waals surface area contributed by atoms with Crippen LogP contribution in [0.5, 0.6) is 0 Å². The van der Waals surface area contributed by atoms with Crippen LogP contribution in [0.3, 0.4) is 0 Å². The van der Waals surface area contributed by atoms with Crippen molar-refractivity contribution in [3.8, 4) is 0 Å². The summed E-state index contributed by atoms with van der Waals surface area (Å²) in [5, 5.41) is 0. The number of hydrogen-bond donors (Lipinski definition) is 0. The third-order valence-electron chi connectivity index (χ3n) is 5.36. The lowest BCUT2D eigenvalue weighted by atomic mass is 9.78. The van der Waals surface area contributed by atoms with Gasteiger partial charge in [-0.1, -0.05) is 64.3 Å². The minimum Gasteiger partial charge on any atom is -0.294 e. The lowest BCUT2D eigenvalue weighted by molar-refractivity contribution is 0.0907. The molecule has 1 aliphatic carbocycles. The number of hydrogen-bond acceptors (Lipinski definition) is 1. The molecule has 1 heteroatoms. The maximum atomic E-state index is 12.5. The van der Waals surface area contributed by atoms with Crippen LogP contribution in [0, 0.1) is 5.41 Å². The van der Waals surface area contributed by atoms with Crippen molar-refractivity contribution in [1.29, 1.82) is 0 Å². The molecular formula is C19H28O. The molecule has 1 aliphatic rings. The molecule has 0 heterocycles. The zero-order chi connectivity index (χ0) is 14.6. The molecule has 1 saturated carbocycles. The van der Waals surface area contributed by atoms with Crippen molar-refractivity contribution in [2.24, 2.45) is 5.41 Å². The first-order valence-electron chi connectivity index (χ1n) is 8.23. The minimum atomic E-state index is 0.298. The van der Waals surface area contributed by atoms with Crippen LogP contribution in [-0.2, 0) is 0 Å². The molecule has 0 aromatic heterocycles. The normalized spacial score (nSPS) is 18.9. The van der Waals surface area contributed by atoms with Crippen LogP contribution >= 0.6 is 0 Å². The molecule has 1 atom stereocenters. The van der Waals surface area contributed by atoms with Gasteiger partial charge in [0.2, 0.25) is 0 Å². The smallest absolute Gasteiger partial charge is 0.163 e. The summed E-state index contributed by atoms with van der Waals surface area (Å²) in [5.74, 6) is 0.917. The maximum Gasteiger partial charge on any atom is 0.163 e. The van der Waals surface area contributed by atoms with Gasteiger partial charge >= 0.3 is 0 Å². The summed E-state index contributed by atoms with van der Waals surface area (Å²) in [5.41, 5.74) is 2.54. The Balaban J connectivity index is 2.05. The van der Waals surface area contributed by atoms with E-state index in [9.17, 15) is 4.79 Å². The highest BCUT2D eigenvalue weighted by atomic mass is 16.1. The second-order valence-corrected chi connectivity index (χ2v) is 6.59. The molecule has 20 heavy (non-hydrogen) atoms. The molecule has 1 aromatic carbocycles. The molecule has 0 saturated heterocycles. The van der Waals surface area contributed by atoms with Crippen LogP contribution in [0.15, 0.2) is 24.3 Å². The zero-order valence-corrected chi connectivity index (χ0v) is 13.2. The maximum absolute atomic E-state index is 12.5. The Hall–Kier alpha value is -1.11. The van der Waals surface area contributed by atoms with Gasteiger partial charge in [-0.15, -0.1) is 0 Å². The van der Waals surface area contributed by atoms with Crippen LogP contribution in [0.25, 0.3) is 0 Å². The molecule has 0 radical (unpaired) electrons. The van der Waals surface area contributed by atoms with Gasteiger partial charge in [0.15, 0.2) is 5.78 Å². The van der Waals surface area contributed by atoms with Gasteiger partial charge in [-0.05, 0) is 36.2 Å².